The number of nitrogens with zero attached hydrogens (tertiary/aromatic N) is 2. The van der Waals surface area contributed by atoms with Crippen LogP contribution in [0.5, 0.6) is 11.6 Å². The first-order chi connectivity index (χ1) is 8.60. The van der Waals surface area contributed by atoms with Crippen LogP contribution in [-0.4, -0.2) is 17.0 Å². The van der Waals surface area contributed by atoms with Gasteiger partial charge in [0.1, 0.15) is 17.4 Å². The number of hydrogen-bond donors (Lipinski definition) is 1. The van der Waals surface area contributed by atoms with Gasteiger partial charge in [-0.05, 0) is 32.0 Å². The highest BCUT2D eigenvalue weighted by molar-refractivity contribution is 6.30. The Kier molecular flexibility index (Phi) is 3.67. The van der Waals surface area contributed by atoms with Crippen LogP contribution < -0.4 is 10.1 Å². The molecule has 0 aliphatic heterocycles. The van der Waals surface area contributed by atoms with Crippen molar-refractivity contribution in [3.8, 4) is 11.6 Å². The third-order valence-electron chi connectivity index (χ3n) is 2.46. The first-order valence-corrected chi connectivity index (χ1v) is 5.94. The van der Waals surface area contributed by atoms with E-state index in [1.54, 1.807) is 12.1 Å². The summed E-state index contributed by atoms with van der Waals surface area (Å²) in [6.07, 6.45) is 0. The van der Waals surface area contributed by atoms with Gasteiger partial charge < -0.3 is 10.1 Å². The highest BCUT2D eigenvalue weighted by Gasteiger charge is 2.10. The molecule has 1 aromatic carbocycles. The zero-order chi connectivity index (χ0) is 13.1. The van der Waals surface area contributed by atoms with Gasteiger partial charge in [-0.2, -0.15) is 4.98 Å². The fraction of sp³-hybridized carbons (Fsp3) is 0.231. The van der Waals surface area contributed by atoms with E-state index in [0.717, 1.165) is 11.4 Å². The summed E-state index contributed by atoms with van der Waals surface area (Å²) in [5.74, 6) is 2.61. The molecule has 0 bridgehead atoms. The van der Waals surface area contributed by atoms with Gasteiger partial charge in [0.05, 0.1) is 5.56 Å². The summed E-state index contributed by atoms with van der Waals surface area (Å²) in [6, 6.07) is 7.21. The van der Waals surface area contributed by atoms with Crippen LogP contribution in [0.2, 0.25) is 5.02 Å². The summed E-state index contributed by atoms with van der Waals surface area (Å²) in [5.41, 5.74) is 0.864. The second-order valence-electron chi connectivity index (χ2n) is 3.86. The molecule has 2 aromatic rings. The fourth-order valence-corrected chi connectivity index (χ4v) is 1.77. The first kappa shape index (κ1) is 12.6. The second-order valence-corrected chi connectivity index (χ2v) is 4.30. The molecule has 0 saturated heterocycles. The van der Waals surface area contributed by atoms with Crippen molar-refractivity contribution in [1.29, 1.82) is 0 Å². The zero-order valence-corrected chi connectivity index (χ0v) is 11.2. The third-order valence-corrected chi connectivity index (χ3v) is 2.70. The molecule has 0 saturated carbocycles. The van der Waals surface area contributed by atoms with Crippen LogP contribution in [-0.2, 0) is 0 Å². The molecule has 1 aromatic heterocycles. The van der Waals surface area contributed by atoms with E-state index < -0.39 is 0 Å². The predicted octanol–water partition coefficient (Wildman–Crippen LogP) is 3.58. The lowest BCUT2D eigenvalue weighted by atomic mass is 10.3. The molecular formula is C13H14ClN3O. The number of anilines is 1. The molecular weight excluding hydrogens is 250 g/mol. The second kappa shape index (κ2) is 5.23. The Balaban J connectivity index is 2.37. The molecule has 0 atom stereocenters. The number of rotatable bonds is 3. The van der Waals surface area contributed by atoms with Gasteiger partial charge >= 0.3 is 0 Å². The monoisotopic (exact) mass is 263 g/mol. The summed E-state index contributed by atoms with van der Waals surface area (Å²) < 4.78 is 5.74. The Morgan fingerprint density at radius 1 is 1.22 bits per heavy atom. The molecule has 0 aliphatic carbocycles. The molecule has 5 heteroatoms. The topological polar surface area (TPSA) is 47.0 Å². The average molecular weight is 264 g/mol. The Labute approximate surface area is 111 Å². The van der Waals surface area contributed by atoms with Crippen LogP contribution in [0, 0.1) is 13.8 Å². The Morgan fingerprint density at radius 3 is 2.67 bits per heavy atom. The van der Waals surface area contributed by atoms with E-state index in [-0.39, 0.29) is 0 Å². The van der Waals surface area contributed by atoms with E-state index in [4.69, 9.17) is 16.3 Å². The summed E-state index contributed by atoms with van der Waals surface area (Å²) in [7, 11) is 1.82. The van der Waals surface area contributed by atoms with E-state index in [0.29, 0.717) is 22.5 Å². The number of benzene rings is 1. The number of ether oxygens (including phenoxy) is 1. The van der Waals surface area contributed by atoms with E-state index in [9.17, 15) is 0 Å². The van der Waals surface area contributed by atoms with Crippen molar-refractivity contribution in [2.45, 2.75) is 13.8 Å². The number of aryl methyl sites for hydroxylation is 1. The normalized spacial score (nSPS) is 10.2. The summed E-state index contributed by atoms with van der Waals surface area (Å²) in [4.78, 5) is 8.57. The van der Waals surface area contributed by atoms with Crippen molar-refractivity contribution in [1.82, 2.24) is 9.97 Å². The third kappa shape index (κ3) is 2.71. The zero-order valence-electron chi connectivity index (χ0n) is 10.5. The molecule has 4 nitrogen and oxygen atoms in total. The molecule has 18 heavy (non-hydrogen) atoms. The van der Waals surface area contributed by atoms with E-state index in [1.165, 1.54) is 0 Å². The van der Waals surface area contributed by atoms with E-state index in [1.807, 2.05) is 33.0 Å². The molecule has 94 valence electrons. The van der Waals surface area contributed by atoms with Gasteiger partial charge in [-0.3, -0.25) is 0 Å². The Morgan fingerprint density at radius 2 is 2.00 bits per heavy atom. The predicted molar refractivity (Wildman–Crippen MR) is 72.6 cm³/mol. The van der Waals surface area contributed by atoms with Crippen LogP contribution in [0.4, 0.5) is 5.82 Å². The molecule has 0 fully saturated rings. The standard InChI is InChI=1S/C13H14ClN3O/c1-8-12(15-3)16-9(2)17-13(8)18-11-6-4-5-10(14)7-11/h4-7H,1-3H3,(H,15,16,17). The van der Waals surface area contributed by atoms with Gasteiger partial charge in [0.15, 0.2) is 0 Å². The Bertz CT molecular complexity index is 572. The quantitative estimate of drug-likeness (QED) is 0.919. The maximum atomic E-state index is 5.92. The van der Waals surface area contributed by atoms with Gasteiger partial charge in [0, 0.05) is 12.1 Å². The van der Waals surface area contributed by atoms with Crippen molar-refractivity contribution in [2.75, 3.05) is 12.4 Å². The van der Waals surface area contributed by atoms with Crippen LogP contribution in [0.1, 0.15) is 11.4 Å². The van der Waals surface area contributed by atoms with E-state index >= 15 is 0 Å². The van der Waals surface area contributed by atoms with Crippen molar-refractivity contribution in [3.05, 3.63) is 40.7 Å². The smallest absolute Gasteiger partial charge is 0.227 e. The number of halogens is 1. The molecule has 0 spiro atoms. The maximum Gasteiger partial charge on any atom is 0.227 e. The van der Waals surface area contributed by atoms with Gasteiger partial charge in [-0.25, -0.2) is 4.98 Å². The van der Waals surface area contributed by atoms with Crippen LogP contribution in [0.15, 0.2) is 24.3 Å². The fourth-order valence-electron chi connectivity index (χ4n) is 1.59. The molecule has 1 N–H and O–H groups in total. The summed E-state index contributed by atoms with van der Waals surface area (Å²) >= 11 is 5.92. The minimum Gasteiger partial charge on any atom is -0.438 e. The number of aromatic nitrogens is 2. The van der Waals surface area contributed by atoms with Crippen molar-refractivity contribution in [2.24, 2.45) is 0 Å². The van der Waals surface area contributed by atoms with Crippen LogP contribution in [0.3, 0.4) is 0 Å². The highest BCUT2D eigenvalue weighted by atomic mass is 35.5. The molecule has 2 rings (SSSR count). The minimum atomic E-state index is 0.536. The van der Waals surface area contributed by atoms with Gasteiger partial charge in [-0.15, -0.1) is 0 Å². The lowest BCUT2D eigenvalue weighted by molar-refractivity contribution is 0.456. The van der Waals surface area contributed by atoms with Crippen LogP contribution >= 0.6 is 11.6 Å². The SMILES string of the molecule is CNc1nc(C)nc(Oc2cccc(Cl)c2)c1C. The van der Waals surface area contributed by atoms with Crippen molar-refractivity contribution < 1.29 is 4.74 Å². The lowest BCUT2D eigenvalue weighted by Crippen LogP contribution is -2.02. The van der Waals surface area contributed by atoms with Gasteiger partial charge in [-0.1, -0.05) is 17.7 Å². The van der Waals surface area contributed by atoms with Gasteiger partial charge in [0.25, 0.3) is 0 Å². The maximum absolute atomic E-state index is 5.92. The molecule has 0 aliphatic rings. The van der Waals surface area contributed by atoms with Crippen molar-refractivity contribution >= 4 is 17.4 Å². The Hall–Kier alpha value is -1.81. The van der Waals surface area contributed by atoms with E-state index in [2.05, 4.69) is 15.3 Å². The summed E-state index contributed by atoms with van der Waals surface area (Å²) in [5, 5.41) is 3.65. The van der Waals surface area contributed by atoms with Crippen LogP contribution in [0.25, 0.3) is 0 Å². The van der Waals surface area contributed by atoms with Gasteiger partial charge in [0.2, 0.25) is 5.88 Å². The largest absolute Gasteiger partial charge is 0.438 e. The average Bonchev–Trinajstić information content (AvgIpc) is 2.33. The highest BCUT2D eigenvalue weighted by Crippen LogP contribution is 2.28. The molecule has 0 amide bonds. The molecule has 0 unspecified atom stereocenters. The first-order valence-electron chi connectivity index (χ1n) is 5.56. The van der Waals surface area contributed by atoms with Crippen molar-refractivity contribution in [3.63, 3.8) is 0 Å². The molecule has 1 heterocycles. The lowest BCUT2D eigenvalue weighted by Gasteiger charge is -2.11. The summed E-state index contributed by atoms with van der Waals surface area (Å²) in [6.45, 7) is 3.73. The molecule has 0 radical (unpaired) electrons. The number of nitrogens with one attached hydrogen (secondary N) is 1. The number of hydrogen-bond acceptors (Lipinski definition) is 4. The minimum absolute atomic E-state index is 0.536.